The number of anilines is 1. The molecule has 0 spiro atoms. The molecule has 0 N–H and O–H groups in total. The van der Waals surface area contributed by atoms with Gasteiger partial charge in [0, 0.05) is 25.5 Å². The maximum atomic E-state index is 11.6. The Kier molecular flexibility index (Phi) is 5.24. The fourth-order valence-electron chi connectivity index (χ4n) is 2.48. The molecule has 2 aromatic rings. The van der Waals surface area contributed by atoms with Gasteiger partial charge in [0.2, 0.25) is 0 Å². The molecule has 22 heavy (non-hydrogen) atoms. The zero-order chi connectivity index (χ0) is 16.2. The second-order valence-corrected chi connectivity index (χ2v) is 7.74. The molecule has 118 valence electrons. The minimum Gasteiger partial charge on any atom is -0.375 e. The van der Waals surface area contributed by atoms with Crippen LogP contribution in [0.5, 0.6) is 0 Å². The minimum absolute atomic E-state index is 0.371. The second-order valence-electron chi connectivity index (χ2n) is 5.72. The van der Waals surface area contributed by atoms with Crippen molar-refractivity contribution in [1.82, 2.24) is 0 Å². The van der Waals surface area contributed by atoms with Crippen LogP contribution in [0.2, 0.25) is 0 Å². The van der Waals surface area contributed by atoms with Gasteiger partial charge in [-0.1, -0.05) is 30.3 Å². The van der Waals surface area contributed by atoms with Crippen molar-refractivity contribution >= 4 is 15.5 Å². The predicted molar refractivity (Wildman–Crippen MR) is 92.3 cm³/mol. The van der Waals surface area contributed by atoms with Gasteiger partial charge in [0.15, 0.2) is 9.84 Å². The summed E-state index contributed by atoms with van der Waals surface area (Å²) < 4.78 is 23.3. The lowest BCUT2D eigenvalue weighted by Crippen LogP contribution is -2.19. The molecule has 0 aliphatic carbocycles. The summed E-state index contributed by atoms with van der Waals surface area (Å²) in [6.45, 7) is 3.02. The van der Waals surface area contributed by atoms with Crippen LogP contribution in [0.1, 0.15) is 17.5 Å². The van der Waals surface area contributed by atoms with E-state index in [0.717, 1.165) is 25.1 Å². The number of rotatable bonds is 6. The summed E-state index contributed by atoms with van der Waals surface area (Å²) in [5.41, 5.74) is 3.64. The Balaban J connectivity index is 1.98. The van der Waals surface area contributed by atoms with Gasteiger partial charge in [-0.2, -0.15) is 0 Å². The van der Waals surface area contributed by atoms with Crippen LogP contribution < -0.4 is 4.90 Å². The van der Waals surface area contributed by atoms with Gasteiger partial charge in [0.25, 0.3) is 0 Å². The standard InChI is InChI=1S/C18H23NO2S/c1-15-8-4-5-9-16(15)10-7-13-19(2)17-11-6-12-18(14-17)22(3,20)21/h4-6,8-9,11-12,14H,7,10,13H2,1-3H3. The summed E-state index contributed by atoms with van der Waals surface area (Å²) >= 11 is 0. The van der Waals surface area contributed by atoms with Gasteiger partial charge in [-0.25, -0.2) is 8.42 Å². The first-order valence-electron chi connectivity index (χ1n) is 7.44. The number of aryl methyl sites for hydroxylation is 2. The van der Waals surface area contributed by atoms with Gasteiger partial charge in [-0.15, -0.1) is 0 Å². The van der Waals surface area contributed by atoms with Crippen LogP contribution in [0.25, 0.3) is 0 Å². The maximum absolute atomic E-state index is 11.6. The van der Waals surface area contributed by atoms with Crippen LogP contribution in [0.3, 0.4) is 0 Å². The average Bonchev–Trinajstić information content (AvgIpc) is 2.48. The Morgan fingerprint density at radius 1 is 1.05 bits per heavy atom. The molecule has 0 aromatic heterocycles. The van der Waals surface area contributed by atoms with Crippen molar-refractivity contribution in [1.29, 1.82) is 0 Å². The first-order chi connectivity index (χ1) is 10.4. The smallest absolute Gasteiger partial charge is 0.175 e. The average molecular weight is 317 g/mol. The molecule has 4 heteroatoms. The van der Waals surface area contributed by atoms with E-state index in [-0.39, 0.29) is 0 Å². The van der Waals surface area contributed by atoms with E-state index < -0.39 is 9.84 Å². The molecule has 0 atom stereocenters. The van der Waals surface area contributed by atoms with Crippen molar-refractivity contribution in [2.45, 2.75) is 24.7 Å². The first kappa shape index (κ1) is 16.6. The highest BCUT2D eigenvalue weighted by atomic mass is 32.2. The van der Waals surface area contributed by atoms with E-state index in [1.165, 1.54) is 17.4 Å². The molecule has 0 aliphatic rings. The van der Waals surface area contributed by atoms with E-state index in [2.05, 4.69) is 36.1 Å². The normalized spacial score (nSPS) is 11.4. The molecule has 0 amide bonds. The highest BCUT2D eigenvalue weighted by molar-refractivity contribution is 7.90. The quantitative estimate of drug-likeness (QED) is 0.819. The van der Waals surface area contributed by atoms with Crippen molar-refractivity contribution in [2.24, 2.45) is 0 Å². The molecule has 2 rings (SSSR count). The largest absolute Gasteiger partial charge is 0.375 e. The van der Waals surface area contributed by atoms with Gasteiger partial charge in [0.1, 0.15) is 0 Å². The summed E-state index contributed by atoms with van der Waals surface area (Å²) in [5.74, 6) is 0. The van der Waals surface area contributed by atoms with Crippen molar-refractivity contribution < 1.29 is 8.42 Å². The van der Waals surface area contributed by atoms with Crippen LogP contribution >= 0.6 is 0 Å². The van der Waals surface area contributed by atoms with E-state index in [9.17, 15) is 8.42 Å². The van der Waals surface area contributed by atoms with E-state index in [4.69, 9.17) is 0 Å². The third-order valence-electron chi connectivity index (χ3n) is 3.89. The predicted octanol–water partition coefficient (Wildman–Crippen LogP) is 3.47. The van der Waals surface area contributed by atoms with E-state index >= 15 is 0 Å². The summed E-state index contributed by atoms with van der Waals surface area (Å²) in [5, 5.41) is 0. The topological polar surface area (TPSA) is 37.4 Å². The number of hydrogen-bond donors (Lipinski definition) is 0. The third kappa shape index (κ3) is 4.34. The Morgan fingerprint density at radius 2 is 1.77 bits per heavy atom. The molecule has 0 fully saturated rings. The first-order valence-corrected chi connectivity index (χ1v) is 9.33. The zero-order valence-electron chi connectivity index (χ0n) is 13.4. The van der Waals surface area contributed by atoms with Gasteiger partial charge >= 0.3 is 0 Å². The Bertz CT molecular complexity index is 738. The summed E-state index contributed by atoms with van der Waals surface area (Å²) in [4.78, 5) is 2.48. The summed E-state index contributed by atoms with van der Waals surface area (Å²) in [6, 6.07) is 15.5. The molecule has 3 nitrogen and oxygen atoms in total. The second kappa shape index (κ2) is 6.97. The number of sulfone groups is 1. The third-order valence-corrected chi connectivity index (χ3v) is 5.00. The molecule has 0 unspecified atom stereocenters. The van der Waals surface area contributed by atoms with Gasteiger partial charge < -0.3 is 4.90 Å². The van der Waals surface area contributed by atoms with Crippen molar-refractivity contribution in [3.8, 4) is 0 Å². The lowest BCUT2D eigenvalue weighted by atomic mass is 10.0. The van der Waals surface area contributed by atoms with Crippen molar-refractivity contribution in [2.75, 3.05) is 24.7 Å². The highest BCUT2D eigenvalue weighted by Gasteiger charge is 2.09. The van der Waals surface area contributed by atoms with Gasteiger partial charge in [0.05, 0.1) is 4.90 Å². The van der Waals surface area contributed by atoms with Gasteiger partial charge in [-0.05, 0) is 49.1 Å². The summed E-state index contributed by atoms with van der Waals surface area (Å²) in [6.07, 6.45) is 3.30. The fourth-order valence-corrected chi connectivity index (χ4v) is 3.14. The fraction of sp³-hybridized carbons (Fsp3) is 0.333. The SMILES string of the molecule is Cc1ccccc1CCCN(C)c1cccc(S(C)(=O)=O)c1. The Hall–Kier alpha value is -1.81. The molecular weight excluding hydrogens is 294 g/mol. The van der Waals surface area contributed by atoms with Crippen molar-refractivity contribution in [3.63, 3.8) is 0 Å². The Labute approximate surface area is 133 Å². The molecule has 2 aromatic carbocycles. The molecule has 0 saturated heterocycles. The highest BCUT2D eigenvalue weighted by Crippen LogP contribution is 2.19. The van der Waals surface area contributed by atoms with Crippen LogP contribution in [0.4, 0.5) is 5.69 Å². The lowest BCUT2D eigenvalue weighted by Gasteiger charge is -2.20. The molecule has 0 bridgehead atoms. The minimum atomic E-state index is -3.15. The van der Waals surface area contributed by atoms with Crippen LogP contribution in [-0.4, -0.2) is 28.3 Å². The molecule has 0 heterocycles. The Morgan fingerprint density at radius 3 is 2.45 bits per heavy atom. The molecule has 0 aliphatic heterocycles. The van der Waals surface area contributed by atoms with Crippen LogP contribution in [0, 0.1) is 6.92 Å². The molecular formula is C18H23NO2S. The van der Waals surface area contributed by atoms with E-state index in [1.54, 1.807) is 18.2 Å². The van der Waals surface area contributed by atoms with Gasteiger partial charge in [-0.3, -0.25) is 0 Å². The lowest BCUT2D eigenvalue weighted by molar-refractivity contribution is 0.602. The molecule has 0 radical (unpaired) electrons. The number of benzene rings is 2. The maximum Gasteiger partial charge on any atom is 0.175 e. The number of hydrogen-bond acceptors (Lipinski definition) is 3. The van der Waals surface area contributed by atoms with Crippen molar-refractivity contribution in [3.05, 3.63) is 59.7 Å². The monoisotopic (exact) mass is 317 g/mol. The van der Waals surface area contributed by atoms with E-state index in [1.807, 2.05) is 13.1 Å². The summed E-state index contributed by atoms with van der Waals surface area (Å²) in [7, 11) is -1.16. The van der Waals surface area contributed by atoms with E-state index in [0.29, 0.717) is 4.90 Å². The molecule has 0 saturated carbocycles. The van der Waals surface area contributed by atoms with Crippen LogP contribution in [-0.2, 0) is 16.3 Å². The van der Waals surface area contributed by atoms with Crippen LogP contribution in [0.15, 0.2) is 53.4 Å². The zero-order valence-corrected chi connectivity index (χ0v) is 14.2. The number of nitrogens with zero attached hydrogens (tertiary/aromatic N) is 1.